The molecule has 0 spiro atoms. The molecule has 1 saturated heterocycles. The lowest BCUT2D eigenvalue weighted by molar-refractivity contribution is -0.131. The lowest BCUT2D eigenvalue weighted by Crippen LogP contribution is -2.46. The van der Waals surface area contributed by atoms with Crippen LogP contribution in [-0.2, 0) is 4.79 Å². The van der Waals surface area contributed by atoms with Crippen LogP contribution in [0.4, 0.5) is 0 Å². The highest BCUT2D eigenvalue weighted by atomic mass is 32.1. The molecule has 2 aromatic rings. The Kier molecular flexibility index (Phi) is 5.68. The summed E-state index contributed by atoms with van der Waals surface area (Å²) in [6.45, 7) is 2.47. The predicted octanol–water partition coefficient (Wildman–Crippen LogP) is 2.71. The van der Waals surface area contributed by atoms with E-state index in [4.69, 9.17) is 4.74 Å². The van der Waals surface area contributed by atoms with Gasteiger partial charge in [-0.3, -0.25) is 14.4 Å². The second-order valence-electron chi connectivity index (χ2n) is 6.14. The van der Waals surface area contributed by atoms with Gasteiger partial charge in [-0.15, -0.1) is 11.3 Å². The van der Waals surface area contributed by atoms with Gasteiger partial charge in [0.15, 0.2) is 0 Å². The van der Waals surface area contributed by atoms with Gasteiger partial charge in [0.25, 0.3) is 11.8 Å². The summed E-state index contributed by atoms with van der Waals surface area (Å²) in [7, 11) is 0. The highest BCUT2D eigenvalue weighted by Gasteiger charge is 2.25. The number of ether oxygens (including phenoxy) is 1. The molecule has 26 heavy (non-hydrogen) atoms. The van der Waals surface area contributed by atoms with Crippen molar-refractivity contribution in [3.63, 3.8) is 0 Å². The Hall–Kier alpha value is -2.67. The molecule has 0 radical (unpaired) electrons. The van der Waals surface area contributed by atoms with Crippen LogP contribution in [0, 0.1) is 0 Å². The maximum Gasteiger partial charge on any atom is 0.308 e. The molecular weight excluding hydrogens is 352 g/mol. The summed E-state index contributed by atoms with van der Waals surface area (Å²) in [4.78, 5) is 38.3. The van der Waals surface area contributed by atoms with E-state index in [9.17, 15) is 14.4 Å². The number of rotatable bonds is 4. The standard InChI is InChI=1S/C19H20N2O4S/c1-13(22)25-16-5-2-4-14(12-16)19(24)21-9-7-15(8-10-21)20-18(23)17-6-3-11-26-17/h2-6,11-12,15H,7-10H2,1H3,(H,20,23). The van der Waals surface area contributed by atoms with Crippen LogP contribution in [0.15, 0.2) is 41.8 Å². The molecule has 1 aromatic heterocycles. The molecule has 0 atom stereocenters. The maximum atomic E-state index is 12.7. The van der Waals surface area contributed by atoms with Gasteiger partial charge in [-0.05, 0) is 42.5 Å². The van der Waals surface area contributed by atoms with E-state index in [2.05, 4.69) is 5.32 Å². The van der Waals surface area contributed by atoms with Crippen molar-refractivity contribution in [1.29, 1.82) is 0 Å². The maximum absolute atomic E-state index is 12.7. The molecule has 0 aliphatic carbocycles. The molecule has 3 rings (SSSR count). The summed E-state index contributed by atoms with van der Waals surface area (Å²) < 4.78 is 5.03. The molecule has 1 aromatic carbocycles. The third kappa shape index (κ3) is 4.49. The number of benzene rings is 1. The van der Waals surface area contributed by atoms with Crippen molar-refractivity contribution in [2.24, 2.45) is 0 Å². The monoisotopic (exact) mass is 372 g/mol. The zero-order valence-electron chi connectivity index (χ0n) is 14.4. The van der Waals surface area contributed by atoms with Crippen LogP contribution in [0.1, 0.15) is 39.8 Å². The minimum Gasteiger partial charge on any atom is -0.427 e. The smallest absolute Gasteiger partial charge is 0.308 e. The second kappa shape index (κ2) is 8.14. The molecule has 2 heterocycles. The number of carbonyl (C=O) groups excluding carboxylic acids is 3. The fraction of sp³-hybridized carbons (Fsp3) is 0.316. The van der Waals surface area contributed by atoms with Crippen LogP contribution >= 0.6 is 11.3 Å². The molecule has 1 aliphatic heterocycles. The van der Waals surface area contributed by atoms with Crippen LogP contribution < -0.4 is 10.1 Å². The van der Waals surface area contributed by atoms with Crippen molar-refractivity contribution in [3.8, 4) is 5.75 Å². The van der Waals surface area contributed by atoms with Gasteiger partial charge in [0.1, 0.15) is 5.75 Å². The fourth-order valence-electron chi connectivity index (χ4n) is 2.93. The Morgan fingerprint density at radius 2 is 1.92 bits per heavy atom. The molecule has 0 bridgehead atoms. The summed E-state index contributed by atoms with van der Waals surface area (Å²) in [5.74, 6) is -0.209. The summed E-state index contributed by atoms with van der Waals surface area (Å²) in [5.41, 5.74) is 0.491. The van der Waals surface area contributed by atoms with E-state index in [1.165, 1.54) is 18.3 Å². The number of nitrogens with one attached hydrogen (secondary N) is 1. The Morgan fingerprint density at radius 1 is 1.15 bits per heavy atom. The van der Waals surface area contributed by atoms with E-state index >= 15 is 0 Å². The fourth-order valence-corrected chi connectivity index (χ4v) is 3.56. The minimum atomic E-state index is -0.420. The number of nitrogens with zero attached hydrogens (tertiary/aromatic N) is 1. The average molecular weight is 372 g/mol. The SMILES string of the molecule is CC(=O)Oc1cccc(C(=O)N2CCC(NC(=O)c3cccs3)CC2)c1. The molecule has 7 heteroatoms. The molecule has 1 aliphatic rings. The van der Waals surface area contributed by atoms with Gasteiger partial charge in [0.2, 0.25) is 0 Å². The Balaban J connectivity index is 1.55. The van der Waals surface area contributed by atoms with E-state index in [0.717, 1.165) is 0 Å². The number of esters is 1. The molecule has 136 valence electrons. The summed E-state index contributed by atoms with van der Waals surface area (Å²) in [6.07, 6.45) is 1.43. The van der Waals surface area contributed by atoms with E-state index < -0.39 is 5.97 Å². The number of thiophene rings is 1. The minimum absolute atomic E-state index is 0.0566. The first-order chi connectivity index (χ1) is 12.5. The molecule has 0 saturated carbocycles. The molecule has 2 amide bonds. The normalized spacial score (nSPS) is 14.7. The summed E-state index contributed by atoms with van der Waals surface area (Å²) in [6, 6.07) is 10.3. The highest BCUT2D eigenvalue weighted by Crippen LogP contribution is 2.19. The van der Waals surface area contributed by atoms with E-state index in [1.807, 2.05) is 11.4 Å². The van der Waals surface area contributed by atoms with Crippen molar-refractivity contribution in [2.45, 2.75) is 25.8 Å². The second-order valence-corrected chi connectivity index (χ2v) is 7.09. The first-order valence-corrected chi connectivity index (χ1v) is 9.33. The van der Waals surface area contributed by atoms with E-state index in [1.54, 1.807) is 35.2 Å². The van der Waals surface area contributed by atoms with Crippen molar-refractivity contribution < 1.29 is 19.1 Å². The Bertz CT molecular complexity index is 796. The van der Waals surface area contributed by atoms with Crippen LogP contribution in [0.25, 0.3) is 0 Å². The number of likely N-dealkylation sites (tertiary alicyclic amines) is 1. The van der Waals surface area contributed by atoms with E-state index in [0.29, 0.717) is 42.1 Å². The summed E-state index contributed by atoms with van der Waals surface area (Å²) in [5, 5.41) is 4.90. The summed E-state index contributed by atoms with van der Waals surface area (Å²) >= 11 is 1.42. The topological polar surface area (TPSA) is 75.7 Å². The molecule has 6 nitrogen and oxygen atoms in total. The molecular formula is C19H20N2O4S. The third-order valence-electron chi connectivity index (χ3n) is 4.20. The van der Waals surface area contributed by atoms with Crippen molar-refractivity contribution in [2.75, 3.05) is 13.1 Å². The molecule has 1 N–H and O–H groups in total. The average Bonchev–Trinajstić information content (AvgIpc) is 3.16. The molecule has 1 fully saturated rings. The van der Waals surface area contributed by atoms with Crippen LogP contribution in [0.3, 0.4) is 0 Å². The third-order valence-corrected chi connectivity index (χ3v) is 5.07. The van der Waals surface area contributed by atoms with E-state index in [-0.39, 0.29) is 17.9 Å². The van der Waals surface area contributed by atoms with Crippen molar-refractivity contribution in [3.05, 3.63) is 52.2 Å². The zero-order valence-corrected chi connectivity index (χ0v) is 15.3. The number of hydrogen-bond donors (Lipinski definition) is 1. The Morgan fingerprint density at radius 3 is 2.58 bits per heavy atom. The van der Waals surface area contributed by atoms with Gasteiger partial charge < -0.3 is 15.0 Å². The highest BCUT2D eigenvalue weighted by molar-refractivity contribution is 7.12. The lowest BCUT2D eigenvalue weighted by Gasteiger charge is -2.32. The quantitative estimate of drug-likeness (QED) is 0.661. The number of carbonyl (C=O) groups is 3. The van der Waals surface area contributed by atoms with Crippen LogP contribution in [0.2, 0.25) is 0 Å². The lowest BCUT2D eigenvalue weighted by atomic mass is 10.0. The van der Waals surface area contributed by atoms with Gasteiger partial charge in [-0.25, -0.2) is 0 Å². The van der Waals surface area contributed by atoms with Gasteiger partial charge in [-0.2, -0.15) is 0 Å². The zero-order chi connectivity index (χ0) is 18.5. The van der Waals surface area contributed by atoms with Gasteiger partial charge in [0, 0.05) is 31.6 Å². The predicted molar refractivity (Wildman–Crippen MR) is 98.5 cm³/mol. The van der Waals surface area contributed by atoms with Crippen molar-refractivity contribution >= 4 is 29.1 Å². The van der Waals surface area contributed by atoms with Gasteiger partial charge >= 0.3 is 5.97 Å². The van der Waals surface area contributed by atoms with Crippen LogP contribution in [0.5, 0.6) is 5.75 Å². The number of amides is 2. The van der Waals surface area contributed by atoms with Gasteiger partial charge in [-0.1, -0.05) is 12.1 Å². The first-order valence-electron chi connectivity index (χ1n) is 8.45. The number of piperidine rings is 1. The number of hydrogen-bond acceptors (Lipinski definition) is 5. The molecule has 0 unspecified atom stereocenters. The van der Waals surface area contributed by atoms with Crippen molar-refractivity contribution in [1.82, 2.24) is 10.2 Å². The Labute approximate surface area is 155 Å². The van der Waals surface area contributed by atoms with Gasteiger partial charge in [0.05, 0.1) is 4.88 Å². The largest absolute Gasteiger partial charge is 0.427 e. The first kappa shape index (κ1) is 18.1. The van der Waals surface area contributed by atoms with Crippen LogP contribution in [-0.4, -0.2) is 41.8 Å².